The highest BCUT2D eigenvalue weighted by Gasteiger charge is 1.93. The Morgan fingerprint density at radius 2 is 1.17 bits per heavy atom. The molecule has 0 spiro atoms. The van der Waals surface area contributed by atoms with Crippen molar-refractivity contribution < 1.29 is 0 Å². The molecule has 0 heterocycles. The van der Waals surface area contributed by atoms with Crippen LogP contribution in [0.4, 0.5) is 0 Å². The van der Waals surface area contributed by atoms with Gasteiger partial charge in [-0.2, -0.15) is 0 Å². The summed E-state index contributed by atoms with van der Waals surface area (Å²) in [4.78, 5) is 0. The molecule has 23 heavy (non-hydrogen) atoms. The zero-order valence-corrected chi connectivity index (χ0v) is 15.3. The number of hydrogen-bond acceptors (Lipinski definition) is 2. The highest BCUT2D eigenvalue weighted by molar-refractivity contribution is 5.14. The van der Waals surface area contributed by atoms with Crippen LogP contribution < -0.4 is 10.6 Å². The number of benzene rings is 1. The van der Waals surface area contributed by atoms with Crippen LogP contribution in [-0.2, 0) is 6.54 Å². The van der Waals surface area contributed by atoms with Gasteiger partial charge in [-0.15, -0.1) is 0 Å². The van der Waals surface area contributed by atoms with Crippen molar-refractivity contribution in [2.75, 3.05) is 19.6 Å². The van der Waals surface area contributed by atoms with E-state index in [9.17, 15) is 0 Å². The van der Waals surface area contributed by atoms with Crippen molar-refractivity contribution in [3.05, 3.63) is 35.9 Å². The van der Waals surface area contributed by atoms with Gasteiger partial charge in [0.05, 0.1) is 0 Å². The van der Waals surface area contributed by atoms with Gasteiger partial charge in [-0.3, -0.25) is 0 Å². The molecule has 1 rings (SSSR count). The lowest BCUT2D eigenvalue weighted by Crippen LogP contribution is -2.27. The number of unbranched alkanes of at least 4 members (excludes halogenated alkanes) is 9. The van der Waals surface area contributed by atoms with Gasteiger partial charge in [-0.25, -0.2) is 0 Å². The first kappa shape index (κ1) is 20.2. The number of hydrogen-bond donors (Lipinski definition) is 2. The molecular formula is C21H38N2. The Bertz CT molecular complexity index is 337. The van der Waals surface area contributed by atoms with E-state index in [0.717, 1.165) is 19.6 Å². The highest BCUT2D eigenvalue weighted by atomic mass is 14.9. The van der Waals surface area contributed by atoms with Crippen molar-refractivity contribution in [1.82, 2.24) is 10.6 Å². The Balaban J connectivity index is 1.72. The van der Waals surface area contributed by atoms with E-state index in [1.54, 1.807) is 0 Å². The Labute approximate surface area is 144 Å². The topological polar surface area (TPSA) is 24.1 Å². The Kier molecular flexibility index (Phi) is 14.1. The largest absolute Gasteiger partial charge is 0.315 e. The second kappa shape index (κ2) is 16.0. The summed E-state index contributed by atoms with van der Waals surface area (Å²) < 4.78 is 0. The normalized spacial score (nSPS) is 11.0. The third-order valence-corrected chi connectivity index (χ3v) is 4.36. The molecule has 0 bridgehead atoms. The second-order valence-corrected chi connectivity index (χ2v) is 6.59. The van der Waals surface area contributed by atoms with Crippen LogP contribution in [0.5, 0.6) is 0 Å². The fraction of sp³-hybridized carbons (Fsp3) is 0.714. The van der Waals surface area contributed by atoms with Gasteiger partial charge in [0.2, 0.25) is 0 Å². The summed E-state index contributed by atoms with van der Waals surface area (Å²) in [5.41, 5.74) is 1.36. The minimum Gasteiger partial charge on any atom is -0.315 e. The minimum absolute atomic E-state index is 0.973. The zero-order valence-electron chi connectivity index (χ0n) is 15.3. The fourth-order valence-electron chi connectivity index (χ4n) is 2.87. The van der Waals surface area contributed by atoms with Gasteiger partial charge < -0.3 is 10.6 Å². The van der Waals surface area contributed by atoms with Gasteiger partial charge in [0, 0.05) is 19.6 Å². The van der Waals surface area contributed by atoms with Crippen molar-refractivity contribution >= 4 is 0 Å². The molecule has 0 radical (unpaired) electrons. The van der Waals surface area contributed by atoms with Gasteiger partial charge >= 0.3 is 0 Å². The predicted octanol–water partition coefficient (Wildman–Crippen LogP) is 5.29. The van der Waals surface area contributed by atoms with E-state index in [2.05, 4.69) is 47.9 Å². The predicted molar refractivity (Wildman–Crippen MR) is 103 cm³/mol. The average molecular weight is 319 g/mol. The molecule has 0 fully saturated rings. The van der Waals surface area contributed by atoms with E-state index in [0.29, 0.717) is 0 Å². The Morgan fingerprint density at radius 1 is 0.609 bits per heavy atom. The lowest BCUT2D eigenvalue weighted by Gasteiger charge is -2.07. The van der Waals surface area contributed by atoms with Crippen LogP contribution >= 0.6 is 0 Å². The van der Waals surface area contributed by atoms with Crippen molar-refractivity contribution in [2.24, 2.45) is 0 Å². The van der Waals surface area contributed by atoms with Crippen LogP contribution in [0.1, 0.15) is 76.7 Å². The quantitative estimate of drug-likeness (QED) is 0.405. The maximum absolute atomic E-state index is 3.53. The van der Waals surface area contributed by atoms with Crippen LogP contribution in [0.15, 0.2) is 30.3 Å². The molecule has 0 aliphatic heterocycles. The van der Waals surface area contributed by atoms with Crippen LogP contribution in [0, 0.1) is 0 Å². The van der Waals surface area contributed by atoms with E-state index in [4.69, 9.17) is 0 Å². The molecule has 0 aliphatic rings. The molecule has 0 aliphatic carbocycles. The van der Waals surface area contributed by atoms with Gasteiger partial charge in [-0.05, 0) is 18.5 Å². The Hall–Kier alpha value is -0.860. The molecule has 0 atom stereocenters. The molecule has 2 heteroatoms. The van der Waals surface area contributed by atoms with Crippen LogP contribution in [0.25, 0.3) is 0 Å². The first-order valence-electron chi connectivity index (χ1n) is 9.89. The lowest BCUT2D eigenvalue weighted by atomic mass is 10.1. The fourth-order valence-corrected chi connectivity index (χ4v) is 2.87. The van der Waals surface area contributed by atoms with E-state index >= 15 is 0 Å². The summed E-state index contributed by atoms with van der Waals surface area (Å²) in [5.74, 6) is 0. The summed E-state index contributed by atoms with van der Waals surface area (Å²) >= 11 is 0. The summed E-state index contributed by atoms with van der Waals surface area (Å²) in [6.45, 7) is 6.55. The number of rotatable bonds is 16. The smallest absolute Gasteiger partial charge is 0.0206 e. The van der Waals surface area contributed by atoms with Crippen molar-refractivity contribution in [1.29, 1.82) is 0 Å². The maximum Gasteiger partial charge on any atom is 0.0206 e. The summed E-state index contributed by atoms with van der Waals surface area (Å²) in [6.07, 6.45) is 14.1. The van der Waals surface area contributed by atoms with Crippen LogP contribution in [-0.4, -0.2) is 19.6 Å². The van der Waals surface area contributed by atoms with Crippen LogP contribution in [0.2, 0.25) is 0 Å². The SMILES string of the molecule is CCCCCCCCCCCCNCCNCc1ccccc1. The van der Waals surface area contributed by atoms with E-state index in [1.807, 2.05) is 0 Å². The Morgan fingerprint density at radius 3 is 1.83 bits per heavy atom. The molecule has 0 saturated heterocycles. The van der Waals surface area contributed by atoms with Crippen molar-refractivity contribution in [3.8, 4) is 0 Å². The summed E-state index contributed by atoms with van der Waals surface area (Å²) in [6, 6.07) is 10.6. The molecule has 2 N–H and O–H groups in total. The van der Waals surface area contributed by atoms with E-state index in [-0.39, 0.29) is 0 Å². The lowest BCUT2D eigenvalue weighted by molar-refractivity contribution is 0.538. The van der Waals surface area contributed by atoms with Crippen LogP contribution in [0.3, 0.4) is 0 Å². The molecule has 0 saturated carbocycles. The van der Waals surface area contributed by atoms with Gasteiger partial charge in [0.25, 0.3) is 0 Å². The molecule has 1 aromatic rings. The summed E-state index contributed by atoms with van der Waals surface area (Å²) in [7, 11) is 0. The summed E-state index contributed by atoms with van der Waals surface area (Å²) in [5, 5.41) is 7.01. The number of nitrogens with one attached hydrogen (secondary N) is 2. The minimum atomic E-state index is 0.973. The molecule has 2 nitrogen and oxygen atoms in total. The molecule has 132 valence electrons. The maximum atomic E-state index is 3.53. The molecule has 0 unspecified atom stereocenters. The first-order chi connectivity index (χ1) is 11.4. The molecule has 0 amide bonds. The third-order valence-electron chi connectivity index (χ3n) is 4.36. The molecule has 0 aromatic heterocycles. The molecule has 1 aromatic carbocycles. The van der Waals surface area contributed by atoms with Crippen molar-refractivity contribution in [3.63, 3.8) is 0 Å². The van der Waals surface area contributed by atoms with E-state index in [1.165, 1.54) is 76.3 Å². The monoisotopic (exact) mass is 318 g/mol. The average Bonchev–Trinajstić information content (AvgIpc) is 2.59. The van der Waals surface area contributed by atoms with Gasteiger partial charge in [-0.1, -0.05) is 95.0 Å². The standard InChI is InChI=1S/C21H38N2/c1-2-3-4-5-6-7-8-9-10-14-17-22-18-19-23-20-21-15-12-11-13-16-21/h11-13,15-16,22-23H,2-10,14,17-20H2,1H3. The second-order valence-electron chi connectivity index (χ2n) is 6.59. The third kappa shape index (κ3) is 13.3. The molecular weight excluding hydrogens is 280 g/mol. The first-order valence-corrected chi connectivity index (χ1v) is 9.89. The van der Waals surface area contributed by atoms with Gasteiger partial charge in [0.15, 0.2) is 0 Å². The zero-order chi connectivity index (χ0) is 16.4. The van der Waals surface area contributed by atoms with E-state index < -0.39 is 0 Å². The highest BCUT2D eigenvalue weighted by Crippen LogP contribution is 2.10. The van der Waals surface area contributed by atoms with Gasteiger partial charge in [0.1, 0.15) is 0 Å². The van der Waals surface area contributed by atoms with Crippen molar-refractivity contribution in [2.45, 2.75) is 77.7 Å².